The van der Waals surface area contributed by atoms with Gasteiger partial charge in [0.15, 0.2) is 0 Å². The molecule has 1 aliphatic heterocycles. The van der Waals surface area contributed by atoms with Crippen LogP contribution in [-0.2, 0) is 13.1 Å². The molecule has 2 heterocycles. The maximum absolute atomic E-state index is 13.9. The lowest BCUT2D eigenvalue weighted by Crippen LogP contribution is -2.30. The summed E-state index contributed by atoms with van der Waals surface area (Å²) in [6.07, 6.45) is 1.03. The Morgan fingerprint density at radius 2 is 1.71 bits per heavy atom. The number of halogens is 2. The van der Waals surface area contributed by atoms with Crippen LogP contribution in [0.15, 0.2) is 57.4 Å². The predicted octanol–water partition coefficient (Wildman–Crippen LogP) is 4.35. The van der Waals surface area contributed by atoms with E-state index < -0.39 is 0 Å². The van der Waals surface area contributed by atoms with Crippen LogP contribution in [0.3, 0.4) is 0 Å². The standard InChI is InChI=1S/C21H22BrFN4O/c22-18-7-3-6-16(13-18)21-25-24-20(28-21)15-27-10-4-9-26(11-12-27)14-17-5-1-2-8-19(17)23/h1-3,5-8,13H,4,9-12,14-15H2. The lowest BCUT2D eigenvalue weighted by atomic mass is 10.2. The summed E-state index contributed by atoms with van der Waals surface area (Å²) in [6, 6.07) is 14.8. The molecule has 0 aliphatic carbocycles. The molecule has 146 valence electrons. The molecule has 0 radical (unpaired) electrons. The summed E-state index contributed by atoms with van der Waals surface area (Å²) < 4.78 is 20.7. The lowest BCUT2D eigenvalue weighted by Gasteiger charge is -2.21. The van der Waals surface area contributed by atoms with Crippen LogP contribution in [0.5, 0.6) is 0 Å². The number of hydrogen-bond acceptors (Lipinski definition) is 5. The molecule has 7 heteroatoms. The van der Waals surface area contributed by atoms with Crippen LogP contribution in [0.1, 0.15) is 17.9 Å². The normalized spacial score (nSPS) is 16.2. The fraction of sp³-hybridized carbons (Fsp3) is 0.333. The third kappa shape index (κ3) is 4.84. The Labute approximate surface area is 172 Å². The number of benzene rings is 2. The van der Waals surface area contributed by atoms with Crippen LogP contribution in [0.2, 0.25) is 0 Å². The van der Waals surface area contributed by atoms with Crippen molar-refractivity contribution in [2.75, 3.05) is 26.2 Å². The van der Waals surface area contributed by atoms with Gasteiger partial charge >= 0.3 is 0 Å². The second kappa shape index (κ2) is 8.94. The molecule has 2 aromatic carbocycles. The Hall–Kier alpha value is -2.09. The highest BCUT2D eigenvalue weighted by Gasteiger charge is 2.18. The first kappa shape index (κ1) is 19.2. The van der Waals surface area contributed by atoms with Gasteiger partial charge in [0.05, 0.1) is 6.54 Å². The smallest absolute Gasteiger partial charge is 0.247 e. The Bertz CT molecular complexity index is 932. The zero-order chi connectivity index (χ0) is 19.3. The van der Waals surface area contributed by atoms with Crippen LogP contribution >= 0.6 is 15.9 Å². The first-order valence-electron chi connectivity index (χ1n) is 9.44. The zero-order valence-corrected chi connectivity index (χ0v) is 17.1. The van der Waals surface area contributed by atoms with Crippen molar-refractivity contribution in [2.24, 2.45) is 0 Å². The molecular weight excluding hydrogens is 423 g/mol. The number of rotatable bonds is 5. The zero-order valence-electron chi connectivity index (χ0n) is 15.5. The van der Waals surface area contributed by atoms with Crippen molar-refractivity contribution in [3.63, 3.8) is 0 Å². The van der Waals surface area contributed by atoms with E-state index in [9.17, 15) is 4.39 Å². The summed E-state index contributed by atoms with van der Waals surface area (Å²) >= 11 is 3.46. The quantitative estimate of drug-likeness (QED) is 0.585. The van der Waals surface area contributed by atoms with Crippen molar-refractivity contribution >= 4 is 15.9 Å². The predicted molar refractivity (Wildman–Crippen MR) is 109 cm³/mol. The van der Waals surface area contributed by atoms with Crippen LogP contribution in [0.4, 0.5) is 4.39 Å². The van der Waals surface area contributed by atoms with E-state index in [1.807, 2.05) is 36.4 Å². The summed E-state index contributed by atoms with van der Waals surface area (Å²) in [5.74, 6) is 1.03. The highest BCUT2D eigenvalue weighted by molar-refractivity contribution is 9.10. The van der Waals surface area contributed by atoms with Gasteiger partial charge in [0.1, 0.15) is 5.82 Å². The van der Waals surface area contributed by atoms with E-state index in [-0.39, 0.29) is 5.82 Å². The van der Waals surface area contributed by atoms with E-state index in [1.54, 1.807) is 6.07 Å². The molecule has 1 aliphatic rings. The first-order valence-corrected chi connectivity index (χ1v) is 10.2. The van der Waals surface area contributed by atoms with Crippen LogP contribution < -0.4 is 0 Å². The summed E-state index contributed by atoms with van der Waals surface area (Å²) in [4.78, 5) is 4.62. The van der Waals surface area contributed by atoms with Crippen molar-refractivity contribution in [1.29, 1.82) is 0 Å². The maximum Gasteiger partial charge on any atom is 0.247 e. The Morgan fingerprint density at radius 3 is 2.50 bits per heavy atom. The molecule has 0 N–H and O–H groups in total. The van der Waals surface area contributed by atoms with Crippen molar-refractivity contribution in [3.05, 3.63) is 70.3 Å². The van der Waals surface area contributed by atoms with Gasteiger partial charge in [0.25, 0.3) is 0 Å². The molecule has 28 heavy (non-hydrogen) atoms. The fourth-order valence-corrected chi connectivity index (χ4v) is 3.85. The van der Waals surface area contributed by atoms with E-state index in [2.05, 4.69) is 35.9 Å². The molecule has 1 fully saturated rings. The molecule has 1 aromatic heterocycles. The minimum atomic E-state index is -0.130. The minimum Gasteiger partial charge on any atom is -0.419 e. The van der Waals surface area contributed by atoms with Gasteiger partial charge in [-0.15, -0.1) is 10.2 Å². The fourth-order valence-electron chi connectivity index (χ4n) is 3.46. The van der Waals surface area contributed by atoms with Crippen molar-refractivity contribution in [2.45, 2.75) is 19.5 Å². The van der Waals surface area contributed by atoms with Gasteiger partial charge in [-0.3, -0.25) is 9.80 Å². The molecule has 1 saturated heterocycles. The summed E-state index contributed by atoms with van der Waals surface area (Å²) in [7, 11) is 0. The maximum atomic E-state index is 13.9. The van der Waals surface area contributed by atoms with Crippen molar-refractivity contribution in [1.82, 2.24) is 20.0 Å². The van der Waals surface area contributed by atoms with Gasteiger partial charge in [0.2, 0.25) is 11.8 Å². The molecule has 0 unspecified atom stereocenters. The van der Waals surface area contributed by atoms with Crippen LogP contribution in [0.25, 0.3) is 11.5 Å². The molecule has 5 nitrogen and oxygen atoms in total. The van der Waals surface area contributed by atoms with Gasteiger partial charge in [0, 0.05) is 35.2 Å². The lowest BCUT2D eigenvalue weighted by molar-refractivity contribution is 0.230. The second-order valence-corrected chi connectivity index (χ2v) is 7.92. The van der Waals surface area contributed by atoms with E-state index in [0.29, 0.717) is 24.9 Å². The van der Waals surface area contributed by atoms with Gasteiger partial charge in [-0.2, -0.15) is 0 Å². The number of hydrogen-bond donors (Lipinski definition) is 0. The molecular formula is C21H22BrFN4O. The summed E-state index contributed by atoms with van der Waals surface area (Å²) in [6.45, 7) is 4.98. The highest BCUT2D eigenvalue weighted by Crippen LogP contribution is 2.22. The molecule has 0 saturated carbocycles. The van der Waals surface area contributed by atoms with Crippen molar-refractivity contribution in [3.8, 4) is 11.5 Å². The van der Waals surface area contributed by atoms with Crippen LogP contribution in [-0.4, -0.2) is 46.2 Å². The number of aromatic nitrogens is 2. The van der Waals surface area contributed by atoms with Gasteiger partial charge in [-0.25, -0.2) is 4.39 Å². The second-order valence-electron chi connectivity index (χ2n) is 7.01. The third-order valence-electron chi connectivity index (χ3n) is 4.93. The SMILES string of the molecule is Fc1ccccc1CN1CCCN(Cc2nnc(-c3cccc(Br)c3)o2)CC1. The largest absolute Gasteiger partial charge is 0.419 e. The summed E-state index contributed by atoms with van der Waals surface area (Å²) in [5.41, 5.74) is 1.66. The Balaban J connectivity index is 1.35. The summed E-state index contributed by atoms with van der Waals surface area (Å²) in [5, 5.41) is 8.39. The van der Waals surface area contributed by atoms with E-state index in [4.69, 9.17) is 4.42 Å². The first-order chi connectivity index (χ1) is 13.7. The molecule has 0 spiro atoms. The topological polar surface area (TPSA) is 45.4 Å². The monoisotopic (exact) mass is 444 g/mol. The average molecular weight is 445 g/mol. The van der Waals surface area contributed by atoms with Gasteiger partial charge < -0.3 is 4.42 Å². The van der Waals surface area contributed by atoms with E-state index >= 15 is 0 Å². The van der Waals surface area contributed by atoms with Gasteiger partial charge in [-0.1, -0.05) is 40.2 Å². The molecule has 3 aromatic rings. The van der Waals surface area contributed by atoms with Gasteiger partial charge in [-0.05, 0) is 43.8 Å². The Kier molecular flexibility index (Phi) is 6.14. The highest BCUT2D eigenvalue weighted by atomic mass is 79.9. The molecule has 0 bridgehead atoms. The van der Waals surface area contributed by atoms with Crippen LogP contribution in [0, 0.1) is 5.82 Å². The Morgan fingerprint density at radius 1 is 0.929 bits per heavy atom. The van der Waals surface area contributed by atoms with E-state index in [0.717, 1.165) is 48.2 Å². The molecule has 0 amide bonds. The average Bonchev–Trinajstić information content (AvgIpc) is 3.05. The molecule has 0 atom stereocenters. The third-order valence-corrected chi connectivity index (χ3v) is 5.42. The number of nitrogens with zero attached hydrogens (tertiary/aromatic N) is 4. The van der Waals surface area contributed by atoms with Crippen molar-refractivity contribution < 1.29 is 8.81 Å². The molecule has 4 rings (SSSR count). The minimum absolute atomic E-state index is 0.130. The van der Waals surface area contributed by atoms with E-state index in [1.165, 1.54) is 6.07 Å².